The van der Waals surface area contributed by atoms with E-state index in [1.54, 1.807) is 0 Å². The minimum absolute atomic E-state index is 0.199. The first kappa shape index (κ1) is 9.86. The first-order valence-electron chi connectivity index (χ1n) is 1.98. The van der Waals surface area contributed by atoms with E-state index >= 15 is 0 Å². The highest BCUT2D eigenvalue weighted by Gasteiger charge is 2.15. The van der Waals surface area contributed by atoms with E-state index in [2.05, 4.69) is 67.8 Å². The van der Waals surface area contributed by atoms with Crippen LogP contribution in [0.1, 0.15) is 12.8 Å². The van der Waals surface area contributed by atoms with Crippen molar-refractivity contribution in [2.75, 3.05) is 0 Å². The summed E-state index contributed by atoms with van der Waals surface area (Å²) in [5.41, 5.74) is 0. The molecule has 0 spiro atoms. The zero-order chi connectivity index (χ0) is 6.62. The molecular weight excluding hydrogens is 445 g/mol. The third kappa shape index (κ3) is 7.86. The Labute approximate surface area is 89.8 Å². The molecule has 0 atom stereocenters. The summed E-state index contributed by atoms with van der Waals surface area (Å²) in [5, 5.41) is 0. The minimum atomic E-state index is 0.199. The van der Waals surface area contributed by atoms with Gasteiger partial charge in [0.05, 0.1) is 0 Å². The fourth-order valence-electron chi connectivity index (χ4n) is 0.193. The summed E-state index contributed by atoms with van der Waals surface area (Å²) in [6.07, 6.45) is 3.31. The van der Waals surface area contributed by atoms with Crippen molar-refractivity contribution in [1.29, 1.82) is 0 Å². The van der Waals surface area contributed by atoms with Crippen molar-refractivity contribution in [1.82, 2.24) is 0 Å². The molecule has 0 aliphatic carbocycles. The average molecular weight is 449 g/mol. The second-order valence-electron chi connectivity index (χ2n) is 1.26. The van der Waals surface area contributed by atoms with Crippen LogP contribution in [0.3, 0.4) is 0 Å². The molecule has 0 aromatic carbocycles. The molecule has 0 unspecified atom stereocenters. The molecule has 0 saturated carbocycles. The smallest absolute Gasteiger partial charge is 0.198 e. The maximum atomic E-state index is 9.72. The maximum Gasteiger partial charge on any atom is 0.198 e. The molecule has 1 radical (unpaired) electrons. The lowest BCUT2D eigenvalue weighted by atomic mass is 10.4. The van der Waals surface area contributed by atoms with Gasteiger partial charge in [-0.3, -0.25) is 4.79 Å². The third-order valence-corrected chi connectivity index (χ3v) is 2.13. The van der Waals surface area contributed by atoms with Gasteiger partial charge in [-0.1, -0.05) is 67.8 Å². The van der Waals surface area contributed by atoms with E-state index in [4.69, 9.17) is 0 Å². The molecule has 0 aliphatic rings. The van der Waals surface area contributed by atoms with Crippen LogP contribution in [0.15, 0.2) is 0 Å². The molecule has 0 N–H and O–H groups in total. The highest BCUT2D eigenvalue weighted by molar-refractivity contribution is 14.3. The SMILES string of the molecule is O=[C]CCC(I)(I)I. The molecule has 1 nitrogen and oxygen atoms in total. The Bertz CT molecular complexity index is 75.8. The lowest BCUT2D eigenvalue weighted by Crippen LogP contribution is -1.97. The van der Waals surface area contributed by atoms with Gasteiger partial charge in [-0.05, 0) is 6.42 Å². The summed E-state index contributed by atoms with van der Waals surface area (Å²) in [7, 11) is 0. The summed E-state index contributed by atoms with van der Waals surface area (Å²) < 4.78 is 0.199. The van der Waals surface area contributed by atoms with Crippen LogP contribution in [0, 0.1) is 0 Å². The van der Waals surface area contributed by atoms with Crippen LogP contribution in [0.4, 0.5) is 0 Å². The third-order valence-electron chi connectivity index (χ3n) is 0.511. The van der Waals surface area contributed by atoms with E-state index in [1.165, 1.54) is 0 Å². The van der Waals surface area contributed by atoms with Crippen LogP contribution in [0.25, 0.3) is 0 Å². The Morgan fingerprint density at radius 1 is 1.38 bits per heavy atom. The number of hydrogen-bond donors (Lipinski definition) is 0. The standard InChI is InChI=1S/C4H4I3O/c5-4(6,7)2-1-3-8/h1-2H2. The molecule has 0 heterocycles. The number of hydrogen-bond acceptors (Lipinski definition) is 1. The average Bonchev–Trinajstić information content (AvgIpc) is 1.59. The zero-order valence-electron chi connectivity index (χ0n) is 3.96. The zero-order valence-corrected chi connectivity index (χ0v) is 10.4. The van der Waals surface area contributed by atoms with Crippen molar-refractivity contribution in [3.8, 4) is 0 Å². The molecule has 0 aromatic rings. The largest absolute Gasteiger partial charge is 0.291 e. The predicted octanol–water partition coefficient (Wildman–Crippen LogP) is 2.84. The van der Waals surface area contributed by atoms with E-state index in [0.717, 1.165) is 6.42 Å². The Balaban J connectivity index is 3.24. The molecule has 0 amide bonds. The van der Waals surface area contributed by atoms with Crippen LogP contribution >= 0.6 is 67.8 Å². The van der Waals surface area contributed by atoms with Gasteiger partial charge in [-0.25, -0.2) is 0 Å². The normalized spacial score (nSPS) is 11.4. The van der Waals surface area contributed by atoms with E-state index in [9.17, 15) is 4.79 Å². The van der Waals surface area contributed by atoms with Crippen molar-refractivity contribution >= 4 is 74.1 Å². The Morgan fingerprint density at radius 2 is 1.88 bits per heavy atom. The van der Waals surface area contributed by atoms with Crippen LogP contribution in [0.5, 0.6) is 0 Å². The molecule has 8 heavy (non-hydrogen) atoms. The van der Waals surface area contributed by atoms with Crippen molar-refractivity contribution in [3.63, 3.8) is 0 Å². The number of rotatable bonds is 3. The molecule has 0 aromatic heterocycles. The van der Waals surface area contributed by atoms with Crippen LogP contribution < -0.4 is 0 Å². The van der Waals surface area contributed by atoms with Crippen molar-refractivity contribution in [3.05, 3.63) is 0 Å². The topological polar surface area (TPSA) is 17.1 Å². The molecule has 0 bridgehead atoms. The lowest BCUT2D eigenvalue weighted by Gasteiger charge is -2.07. The molecular formula is C4H4I3O. The van der Waals surface area contributed by atoms with Crippen LogP contribution in [-0.2, 0) is 4.79 Å². The maximum absolute atomic E-state index is 9.72. The highest BCUT2D eigenvalue weighted by Crippen LogP contribution is 2.39. The highest BCUT2D eigenvalue weighted by atomic mass is 127. The summed E-state index contributed by atoms with van der Waals surface area (Å²) in [6.45, 7) is 0. The van der Waals surface area contributed by atoms with Gasteiger partial charge in [0.25, 0.3) is 0 Å². The number of halogens is 3. The molecule has 0 aliphatic heterocycles. The van der Waals surface area contributed by atoms with Gasteiger partial charge in [-0.15, -0.1) is 0 Å². The van der Waals surface area contributed by atoms with Gasteiger partial charge in [0, 0.05) is 6.42 Å². The van der Waals surface area contributed by atoms with E-state index in [1.807, 2.05) is 6.29 Å². The van der Waals surface area contributed by atoms with Gasteiger partial charge in [0.15, 0.2) is 6.29 Å². The van der Waals surface area contributed by atoms with Gasteiger partial charge in [-0.2, -0.15) is 0 Å². The Hall–Kier alpha value is 1.86. The summed E-state index contributed by atoms with van der Waals surface area (Å²) in [5.74, 6) is 0. The van der Waals surface area contributed by atoms with E-state index in [-0.39, 0.29) is -0.565 Å². The summed E-state index contributed by atoms with van der Waals surface area (Å²) in [6, 6.07) is 0. The second-order valence-corrected chi connectivity index (χ2v) is 13.0. The molecule has 0 rings (SSSR count). The second kappa shape index (κ2) is 4.64. The minimum Gasteiger partial charge on any atom is -0.291 e. The first-order chi connectivity index (χ1) is 3.56. The molecule has 47 valence electrons. The molecule has 4 heteroatoms. The fraction of sp³-hybridized carbons (Fsp3) is 0.750. The predicted molar refractivity (Wildman–Crippen MR) is 59.7 cm³/mol. The first-order valence-corrected chi connectivity index (χ1v) is 5.21. The van der Waals surface area contributed by atoms with Crippen molar-refractivity contribution in [2.45, 2.75) is 12.3 Å². The summed E-state index contributed by atoms with van der Waals surface area (Å²) >= 11 is 6.88. The Morgan fingerprint density at radius 3 is 2.00 bits per heavy atom. The fourth-order valence-corrected chi connectivity index (χ4v) is 1.00. The van der Waals surface area contributed by atoms with Crippen LogP contribution in [-0.4, -0.2) is 5.72 Å². The van der Waals surface area contributed by atoms with Gasteiger partial charge in [0.1, 0.15) is -0.565 Å². The van der Waals surface area contributed by atoms with Crippen LogP contribution in [0.2, 0.25) is 0 Å². The lowest BCUT2D eigenvalue weighted by molar-refractivity contribution is 0.550. The van der Waals surface area contributed by atoms with Gasteiger partial charge < -0.3 is 0 Å². The monoisotopic (exact) mass is 449 g/mol. The van der Waals surface area contributed by atoms with E-state index < -0.39 is 0 Å². The summed E-state index contributed by atoms with van der Waals surface area (Å²) in [4.78, 5) is 9.72. The number of alkyl halides is 3. The Kier molecular flexibility index (Phi) is 5.72. The van der Waals surface area contributed by atoms with Gasteiger partial charge >= 0.3 is 0 Å². The molecule has 0 saturated heterocycles. The van der Waals surface area contributed by atoms with Crippen molar-refractivity contribution in [2.24, 2.45) is 0 Å². The van der Waals surface area contributed by atoms with E-state index in [0.29, 0.717) is 6.42 Å². The molecule has 0 fully saturated rings. The van der Waals surface area contributed by atoms with Crippen molar-refractivity contribution < 1.29 is 4.79 Å². The number of carbonyl (C=O) groups excluding carboxylic acids is 1. The van der Waals surface area contributed by atoms with Gasteiger partial charge in [0.2, 0.25) is 0 Å². The quantitative estimate of drug-likeness (QED) is 0.479.